The largest absolute Gasteiger partial charge is 0.445 e. The standard InChI is InChI=1S/C31H32F6N2O2/c1-2-27-17-26(38-19-23-13-24(30(32,33)34)16-25(14-23)31(35,36)37)18-28(15-21-9-5-3-6-10-21)39(27)29(40)41-20-22-11-7-4-8-12-22/h3-14,16,26-28,38H,2,15,17-20H2,1H3/t26?,27-,28+/m1/s1. The molecule has 3 atom stereocenters. The average molecular weight is 579 g/mol. The molecule has 1 N–H and O–H groups in total. The summed E-state index contributed by atoms with van der Waals surface area (Å²) in [6, 6.07) is 19.8. The van der Waals surface area contributed by atoms with Crippen LogP contribution in [0.25, 0.3) is 0 Å². The number of halogens is 6. The lowest BCUT2D eigenvalue weighted by Crippen LogP contribution is -2.56. The Morgan fingerprint density at radius 2 is 1.34 bits per heavy atom. The van der Waals surface area contributed by atoms with E-state index in [1.54, 1.807) is 4.90 Å². The van der Waals surface area contributed by atoms with Crippen LogP contribution in [-0.2, 0) is 36.7 Å². The molecule has 220 valence electrons. The Labute approximate surface area is 235 Å². The zero-order chi connectivity index (χ0) is 29.6. The van der Waals surface area contributed by atoms with Crippen LogP contribution in [0.3, 0.4) is 0 Å². The van der Waals surface area contributed by atoms with Gasteiger partial charge in [-0.15, -0.1) is 0 Å². The van der Waals surface area contributed by atoms with Crippen LogP contribution in [0, 0.1) is 0 Å². The molecule has 1 amide bonds. The summed E-state index contributed by atoms with van der Waals surface area (Å²) in [7, 11) is 0. The van der Waals surface area contributed by atoms with Crippen molar-refractivity contribution in [1.29, 1.82) is 0 Å². The van der Waals surface area contributed by atoms with E-state index in [1.807, 2.05) is 67.6 Å². The first-order chi connectivity index (χ1) is 19.4. The number of nitrogens with one attached hydrogen (secondary N) is 1. The zero-order valence-electron chi connectivity index (χ0n) is 22.5. The summed E-state index contributed by atoms with van der Waals surface area (Å²) in [5.41, 5.74) is -0.933. The minimum absolute atomic E-state index is 0.107. The van der Waals surface area contributed by atoms with Crippen molar-refractivity contribution in [3.63, 3.8) is 0 Å². The van der Waals surface area contributed by atoms with Crippen molar-refractivity contribution in [3.8, 4) is 0 Å². The van der Waals surface area contributed by atoms with Gasteiger partial charge in [-0.2, -0.15) is 26.3 Å². The van der Waals surface area contributed by atoms with E-state index in [-0.39, 0.29) is 42.9 Å². The molecular weight excluding hydrogens is 546 g/mol. The number of benzene rings is 3. The Kier molecular flexibility index (Phi) is 9.63. The van der Waals surface area contributed by atoms with Gasteiger partial charge in [-0.1, -0.05) is 67.6 Å². The molecular formula is C31H32F6N2O2. The first kappa shape index (κ1) is 30.4. The van der Waals surface area contributed by atoms with Gasteiger partial charge in [0, 0.05) is 24.7 Å². The Bertz CT molecular complexity index is 1250. The van der Waals surface area contributed by atoms with Crippen molar-refractivity contribution in [1.82, 2.24) is 10.2 Å². The Hall–Kier alpha value is -3.53. The zero-order valence-corrected chi connectivity index (χ0v) is 22.5. The molecule has 1 unspecified atom stereocenters. The number of hydrogen-bond acceptors (Lipinski definition) is 3. The average Bonchev–Trinajstić information content (AvgIpc) is 2.94. The fourth-order valence-corrected chi connectivity index (χ4v) is 5.35. The fraction of sp³-hybridized carbons (Fsp3) is 0.387. The smallest absolute Gasteiger partial charge is 0.416 e. The number of likely N-dealkylation sites (tertiary alicyclic amines) is 1. The van der Waals surface area contributed by atoms with E-state index in [0.29, 0.717) is 25.7 Å². The highest BCUT2D eigenvalue weighted by Crippen LogP contribution is 2.36. The van der Waals surface area contributed by atoms with Crippen molar-refractivity contribution < 1.29 is 35.9 Å². The van der Waals surface area contributed by atoms with Crippen LogP contribution >= 0.6 is 0 Å². The summed E-state index contributed by atoms with van der Waals surface area (Å²) in [6.07, 6.45) is -8.20. The Morgan fingerprint density at radius 3 is 1.88 bits per heavy atom. The molecule has 1 heterocycles. The van der Waals surface area contributed by atoms with Gasteiger partial charge in [-0.25, -0.2) is 4.79 Å². The first-order valence-corrected chi connectivity index (χ1v) is 13.5. The third-order valence-corrected chi connectivity index (χ3v) is 7.34. The molecule has 3 aromatic rings. The number of rotatable bonds is 8. The van der Waals surface area contributed by atoms with Crippen molar-refractivity contribution in [2.75, 3.05) is 0 Å². The van der Waals surface area contributed by atoms with Crippen LogP contribution < -0.4 is 5.32 Å². The minimum Gasteiger partial charge on any atom is -0.445 e. The van der Waals surface area contributed by atoms with Crippen LogP contribution in [0.4, 0.5) is 31.1 Å². The van der Waals surface area contributed by atoms with E-state index >= 15 is 0 Å². The van der Waals surface area contributed by atoms with Crippen molar-refractivity contribution in [3.05, 3.63) is 107 Å². The van der Waals surface area contributed by atoms with E-state index in [4.69, 9.17) is 4.74 Å². The molecule has 0 spiro atoms. The van der Waals surface area contributed by atoms with E-state index in [2.05, 4.69) is 5.32 Å². The topological polar surface area (TPSA) is 41.6 Å². The second-order valence-electron chi connectivity index (χ2n) is 10.3. The van der Waals surface area contributed by atoms with E-state index in [9.17, 15) is 31.1 Å². The molecule has 0 radical (unpaired) electrons. The van der Waals surface area contributed by atoms with E-state index in [1.165, 1.54) is 0 Å². The van der Waals surface area contributed by atoms with E-state index in [0.717, 1.165) is 23.3 Å². The molecule has 0 aliphatic carbocycles. The van der Waals surface area contributed by atoms with Gasteiger partial charge in [0.2, 0.25) is 0 Å². The minimum atomic E-state index is -4.91. The molecule has 1 fully saturated rings. The van der Waals surface area contributed by atoms with Crippen LogP contribution in [0.2, 0.25) is 0 Å². The first-order valence-electron chi connectivity index (χ1n) is 13.5. The van der Waals surface area contributed by atoms with Crippen molar-refractivity contribution >= 4 is 6.09 Å². The predicted molar refractivity (Wildman–Crippen MR) is 143 cm³/mol. The summed E-state index contributed by atoms with van der Waals surface area (Å²) >= 11 is 0. The Balaban J connectivity index is 1.53. The number of carbonyl (C=O) groups is 1. The lowest BCUT2D eigenvalue weighted by molar-refractivity contribution is -0.143. The number of piperidine rings is 1. The quantitative estimate of drug-likeness (QED) is 0.276. The summed E-state index contributed by atoms with van der Waals surface area (Å²) in [5, 5.41) is 3.18. The summed E-state index contributed by atoms with van der Waals surface area (Å²) < 4.78 is 85.7. The lowest BCUT2D eigenvalue weighted by Gasteiger charge is -2.45. The highest BCUT2D eigenvalue weighted by atomic mass is 19.4. The lowest BCUT2D eigenvalue weighted by atomic mass is 9.87. The number of nitrogens with zero attached hydrogens (tertiary/aromatic N) is 1. The number of carbonyl (C=O) groups excluding carboxylic acids is 1. The van der Waals surface area contributed by atoms with Gasteiger partial charge in [0.15, 0.2) is 0 Å². The molecule has 4 nitrogen and oxygen atoms in total. The number of ether oxygens (including phenoxy) is 1. The number of amides is 1. The van der Waals surface area contributed by atoms with Crippen molar-refractivity contribution in [2.45, 2.75) is 76.2 Å². The molecule has 1 aliphatic heterocycles. The number of hydrogen-bond donors (Lipinski definition) is 1. The molecule has 0 saturated carbocycles. The van der Waals surface area contributed by atoms with Gasteiger partial charge in [0.05, 0.1) is 11.1 Å². The number of alkyl halides is 6. The van der Waals surface area contributed by atoms with Crippen LogP contribution in [-0.4, -0.2) is 29.1 Å². The molecule has 41 heavy (non-hydrogen) atoms. The molecule has 1 saturated heterocycles. The molecule has 1 aliphatic rings. The third kappa shape index (κ3) is 8.25. The molecule has 10 heteroatoms. The van der Waals surface area contributed by atoms with Gasteiger partial charge in [-0.05, 0) is 60.6 Å². The second kappa shape index (κ2) is 13.0. The highest BCUT2D eigenvalue weighted by Gasteiger charge is 2.39. The highest BCUT2D eigenvalue weighted by molar-refractivity contribution is 5.69. The van der Waals surface area contributed by atoms with Gasteiger partial charge in [0.1, 0.15) is 6.61 Å². The third-order valence-electron chi connectivity index (χ3n) is 7.34. The van der Waals surface area contributed by atoms with Gasteiger partial charge < -0.3 is 15.0 Å². The van der Waals surface area contributed by atoms with E-state index < -0.39 is 29.6 Å². The maximum Gasteiger partial charge on any atom is 0.416 e. The second-order valence-corrected chi connectivity index (χ2v) is 10.3. The Morgan fingerprint density at radius 1 is 0.805 bits per heavy atom. The van der Waals surface area contributed by atoms with Crippen molar-refractivity contribution in [2.24, 2.45) is 0 Å². The monoisotopic (exact) mass is 578 g/mol. The predicted octanol–water partition coefficient (Wildman–Crippen LogP) is 8.00. The summed E-state index contributed by atoms with van der Waals surface area (Å²) in [4.78, 5) is 15.1. The van der Waals surface area contributed by atoms with Crippen LogP contribution in [0.15, 0.2) is 78.9 Å². The summed E-state index contributed by atoms with van der Waals surface area (Å²) in [5.74, 6) is 0. The maximum absolute atomic E-state index is 13.4. The molecule has 0 bridgehead atoms. The van der Waals surface area contributed by atoms with Crippen LogP contribution in [0.5, 0.6) is 0 Å². The van der Waals surface area contributed by atoms with Gasteiger partial charge >= 0.3 is 18.4 Å². The molecule has 0 aromatic heterocycles. The molecule has 4 rings (SSSR count). The molecule has 3 aromatic carbocycles. The summed E-state index contributed by atoms with van der Waals surface area (Å²) in [6.45, 7) is 1.88. The normalized spacial score (nSPS) is 19.7. The van der Waals surface area contributed by atoms with Gasteiger partial charge in [-0.3, -0.25) is 0 Å². The maximum atomic E-state index is 13.4. The van der Waals surface area contributed by atoms with Crippen LogP contribution in [0.1, 0.15) is 54.0 Å². The van der Waals surface area contributed by atoms with Gasteiger partial charge in [0.25, 0.3) is 0 Å². The SMILES string of the molecule is CC[C@@H]1CC(NCc2cc(C(F)(F)F)cc(C(F)(F)F)c2)C[C@H](Cc2ccccc2)N1C(=O)OCc1ccccc1. The fourth-order valence-electron chi connectivity index (χ4n) is 5.35.